The average Bonchev–Trinajstić information content (AvgIpc) is 2.20. The van der Waals surface area contributed by atoms with Crippen molar-refractivity contribution >= 4 is 5.78 Å². The maximum atomic E-state index is 11.0. The summed E-state index contributed by atoms with van der Waals surface area (Å²) in [6, 6.07) is 5.78. The second-order valence-electron chi connectivity index (χ2n) is 3.10. The van der Waals surface area contributed by atoms with Gasteiger partial charge in [0.05, 0.1) is 6.04 Å². The van der Waals surface area contributed by atoms with Crippen LogP contribution < -0.4 is 5.73 Å². The third kappa shape index (κ3) is 2.83. The zero-order valence-corrected chi connectivity index (χ0v) is 7.68. The molecule has 0 aliphatic rings. The minimum atomic E-state index is -0.676. The minimum Gasteiger partial charge on any atom is -0.508 e. The molecule has 0 saturated heterocycles. The molecule has 0 aliphatic carbocycles. The molecule has 4 N–H and O–H groups in total. The van der Waals surface area contributed by atoms with Crippen LogP contribution in [-0.4, -0.2) is 28.6 Å². The van der Waals surface area contributed by atoms with Gasteiger partial charge in [0, 0.05) is 0 Å². The van der Waals surface area contributed by atoms with Gasteiger partial charge in [0.2, 0.25) is 0 Å². The Morgan fingerprint density at radius 1 is 1.36 bits per heavy atom. The molecule has 1 rings (SSSR count). The van der Waals surface area contributed by atoms with E-state index in [0.717, 1.165) is 5.56 Å². The first-order valence-electron chi connectivity index (χ1n) is 4.30. The van der Waals surface area contributed by atoms with Crippen LogP contribution in [0.25, 0.3) is 0 Å². The molecule has 0 fully saturated rings. The van der Waals surface area contributed by atoms with Gasteiger partial charge in [0.25, 0.3) is 0 Å². The van der Waals surface area contributed by atoms with Crippen LogP contribution in [0.5, 0.6) is 5.75 Å². The molecule has 0 saturated carbocycles. The van der Waals surface area contributed by atoms with Gasteiger partial charge in [-0.15, -0.1) is 0 Å². The van der Waals surface area contributed by atoms with Gasteiger partial charge in [-0.3, -0.25) is 4.79 Å². The quantitative estimate of drug-likeness (QED) is 0.622. The Morgan fingerprint density at radius 3 is 2.43 bits per heavy atom. The molecular formula is C10H13NO3. The molecular weight excluding hydrogens is 182 g/mol. The van der Waals surface area contributed by atoms with Crippen molar-refractivity contribution in [2.75, 3.05) is 6.61 Å². The highest BCUT2D eigenvalue weighted by Crippen LogP contribution is 2.10. The van der Waals surface area contributed by atoms with Gasteiger partial charge in [-0.25, -0.2) is 0 Å². The van der Waals surface area contributed by atoms with Crippen molar-refractivity contribution in [2.24, 2.45) is 5.73 Å². The summed E-state index contributed by atoms with van der Waals surface area (Å²) in [7, 11) is 0. The van der Waals surface area contributed by atoms with Crippen molar-refractivity contribution in [1.82, 2.24) is 0 Å². The second-order valence-corrected chi connectivity index (χ2v) is 3.10. The number of phenolic OH excluding ortho intramolecular Hbond substituents is 1. The van der Waals surface area contributed by atoms with Gasteiger partial charge in [-0.2, -0.15) is 0 Å². The number of hydrogen-bond donors (Lipinski definition) is 3. The number of aromatic hydroxyl groups is 1. The molecule has 1 aromatic rings. The van der Waals surface area contributed by atoms with Gasteiger partial charge in [0.1, 0.15) is 12.4 Å². The number of rotatable bonds is 4. The Morgan fingerprint density at radius 2 is 1.93 bits per heavy atom. The van der Waals surface area contributed by atoms with Crippen molar-refractivity contribution in [3.8, 4) is 5.75 Å². The lowest BCUT2D eigenvalue weighted by Gasteiger charge is -2.08. The maximum Gasteiger partial charge on any atom is 0.175 e. The number of ketones is 1. The van der Waals surface area contributed by atoms with Crippen LogP contribution in [0.1, 0.15) is 5.56 Å². The molecule has 1 unspecified atom stereocenters. The number of carbonyl (C=O) groups excluding carboxylic acids is 1. The first kappa shape index (κ1) is 10.7. The van der Waals surface area contributed by atoms with Crippen LogP contribution in [0.2, 0.25) is 0 Å². The SMILES string of the molecule is NC(Cc1ccc(O)cc1)C(=O)CO. The van der Waals surface area contributed by atoms with Gasteiger partial charge in [-0.1, -0.05) is 12.1 Å². The second kappa shape index (κ2) is 4.74. The highest BCUT2D eigenvalue weighted by atomic mass is 16.3. The van der Waals surface area contributed by atoms with Crippen LogP contribution in [0.4, 0.5) is 0 Å². The Kier molecular flexibility index (Phi) is 3.62. The molecule has 14 heavy (non-hydrogen) atoms. The van der Waals surface area contributed by atoms with Crippen molar-refractivity contribution in [3.63, 3.8) is 0 Å². The predicted octanol–water partition coefficient (Wildman–Crippen LogP) is -0.177. The van der Waals surface area contributed by atoms with Crippen molar-refractivity contribution in [1.29, 1.82) is 0 Å². The van der Waals surface area contributed by atoms with E-state index in [0.29, 0.717) is 6.42 Å². The fourth-order valence-electron chi connectivity index (χ4n) is 1.12. The van der Waals surface area contributed by atoms with Crippen LogP contribution in [-0.2, 0) is 11.2 Å². The predicted molar refractivity (Wildman–Crippen MR) is 51.9 cm³/mol. The standard InChI is InChI=1S/C10H13NO3/c11-9(10(14)6-12)5-7-1-3-8(13)4-2-7/h1-4,9,12-13H,5-6,11H2. The monoisotopic (exact) mass is 195 g/mol. The molecule has 4 nitrogen and oxygen atoms in total. The molecule has 0 aromatic heterocycles. The van der Waals surface area contributed by atoms with Crippen LogP contribution in [0.15, 0.2) is 24.3 Å². The number of Topliss-reactive ketones (excluding diaryl/α,β-unsaturated/α-hetero) is 1. The van der Waals surface area contributed by atoms with Crippen molar-refractivity contribution in [3.05, 3.63) is 29.8 Å². The third-order valence-electron chi connectivity index (χ3n) is 1.96. The third-order valence-corrected chi connectivity index (χ3v) is 1.96. The summed E-state index contributed by atoms with van der Waals surface area (Å²) in [6.45, 7) is -0.529. The fourth-order valence-corrected chi connectivity index (χ4v) is 1.12. The topological polar surface area (TPSA) is 83.5 Å². The van der Waals surface area contributed by atoms with Crippen LogP contribution in [0.3, 0.4) is 0 Å². The largest absolute Gasteiger partial charge is 0.508 e. The summed E-state index contributed by atoms with van der Waals surface area (Å²) in [5, 5.41) is 17.6. The number of benzene rings is 1. The van der Waals surface area contributed by atoms with E-state index in [1.165, 1.54) is 12.1 Å². The van der Waals surface area contributed by atoms with E-state index in [1.54, 1.807) is 12.1 Å². The minimum absolute atomic E-state index is 0.177. The molecule has 0 heterocycles. The van der Waals surface area contributed by atoms with Gasteiger partial charge >= 0.3 is 0 Å². The summed E-state index contributed by atoms with van der Waals surface area (Å²) in [5.74, 6) is -0.200. The van der Waals surface area contributed by atoms with Crippen molar-refractivity contribution < 1.29 is 15.0 Å². The lowest BCUT2D eigenvalue weighted by Crippen LogP contribution is -2.34. The van der Waals surface area contributed by atoms with Crippen LogP contribution in [0, 0.1) is 0 Å². The summed E-state index contributed by atoms with van der Waals surface area (Å²) < 4.78 is 0. The fraction of sp³-hybridized carbons (Fsp3) is 0.300. The number of aliphatic hydroxyl groups is 1. The van der Waals surface area contributed by atoms with E-state index >= 15 is 0 Å². The zero-order chi connectivity index (χ0) is 10.6. The summed E-state index contributed by atoms with van der Waals surface area (Å²) in [5.41, 5.74) is 6.38. The smallest absolute Gasteiger partial charge is 0.175 e. The number of carbonyl (C=O) groups is 1. The summed E-state index contributed by atoms with van der Waals surface area (Å²) in [4.78, 5) is 11.0. The van der Waals surface area contributed by atoms with Crippen LogP contribution >= 0.6 is 0 Å². The van der Waals surface area contributed by atoms with Crippen molar-refractivity contribution in [2.45, 2.75) is 12.5 Å². The number of aliphatic hydroxyl groups excluding tert-OH is 1. The summed E-state index contributed by atoms with van der Waals surface area (Å²) in [6.07, 6.45) is 0.375. The first-order chi connectivity index (χ1) is 6.63. The van der Waals surface area contributed by atoms with Gasteiger partial charge in [-0.05, 0) is 24.1 Å². The van der Waals surface area contributed by atoms with E-state index in [1.807, 2.05) is 0 Å². The van der Waals surface area contributed by atoms with Gasteiger partial charge in [0.15, 0.2) is 5.78 Å². The highest BCUT2D eigenvalue weighted by Gasteiger charge is 2.12. The Hall–Kier alpha value is -1.39. The molecule has 0 amide bonds. The highest BCUT2D eigenvalue weighted by molar-refractivity contribution is 5.84. The number of nitrogens with two attached hydrogens (primary N) is 1. The molecule has 0 bridgehead atoms. The number of phenols is 1. The molecule has 0 radical (unpaired) electrons. The van der Waals surface area contributed by atoms with E-state index in [2.05, 4.69) is 0 Å². The molecule has 1 atom stereocenters. The molecule has 76 valence electrons. The van der Waals surface area contributed by atoms with Gasteiger partial charge < -0.3 is 15.9 Å². The first-order valence-corrected chi connectivity index (χ1v) is 4.30. The normalized spacial score (nSPS) is 12.4. The lowest BCUT2D eigenvalue weighted by atomic mass is 10.0. The summed E-state index contributed by atoms with van der Waals surface area (Å²) >= 11 is 0. The van der Waals surface area contributed by atoms with E-state index in [-0.39, 0.29) is 11.5 Å². The zero-order valence-electron chi connectivity index (χ0n) is 7.68. The average molecular weight is 195 g/mol. The molecule has 0 aliphatic heterocycles. The van der Waals surface area contributed by atoms with E-state index in [9.17, 15) is 4.79 Å². The van der Waals surface area contributed by atoms with E-state index in [4.69, 9.17) is 15.9 Å². The molecule has 0 spiro atoms. The molecule has 4 heteroatoms. The Bertz CT molecular complexity index is 308. The Labute approximate surface area is 82.0 Å². The maximum absolute atomic E-state index is 11.0. The Balaban J connectivity index is 2.60. The van der Waals surface area contributed by atoms with E-state index < -0.39 is 12.6 Å². The number of hydrogen-bond acceptors (Lipinski definition) is 4. The lowest BCUT2D eigenvalue weighted by molar-refractivity contribution is -0.122. The molecule has 1 aromatic carbocycles.